The van der Waals surface area contributed by atoms with Crippen molar-refractivity contribution in [2.75, 3.05) is 51.9 Å². The van der Waals surface area contributed by atoms with Gasteiger partial charge in [-0.15, -0.1) is 0 Å². The van der Waals surface area contributed by atoms with Crippen LogP contribution in [0.25, 0.3) is 11.0 Å². The first-order valence-corrected chi connectivity index (χ1v) is 11.2. The molecule has 2 aromatic rings. The predicted octanol–water partition coefficient (Wildman–Crippen LogP) is 0.420. The highest BCUT2D eigenvalue weighted by atomic mass is 16.5. The van der Waals surface area contributed by atoms with E-state index in [9.17, 15) is 24.6 Å². The molecule has 10 heteroatoms. The van der Waals surface area contributed by atoms with Crippen LogP contribution in [0.2, 0.25) is 0 Å². The van der Waals surface area contributed by atoms with Crippen LogP contribution in [0.3, 0.4) is 0 Å². The zero-order valence-corrected chi connectivity index (χ0v) is 20.2. The maximum atomic E-state index is 12.3. The summed E-state index contributed by atoms with van der Waals surface area (Å²) >= 11 is 0. The third-order valence-corrected chi connectivity index (χ3v) is 5.41. The molecule has 2 amide bonds. The summed E-state index contributed by atoms with van der Waals surface area (Å²) in [6, 6.07) is 6.85. The van der Waals surface area contributed by atoms with Crippen molar-refractivity contribution in [2.45, 2.75) is 32.8 Å². The van der Waals surface area contributed by atoms with E-state index in [4.69, 9.17) is 9.15 Å². The topological polar surface area (TPSA) is 141 Å². The second-order valence-electron chi connectivity index (χ2n) is 9.00. The van der Waals surface area contributed by atoms with Gasteiger partial charge in [-0.3, -0.25) is 9.59 Å². The maximum Gasteiger partial charge on any atom is 0.336 e. The van der Waals surface area contributed by atoms with E-state index < -0.39 is 23.1 Å². The minimum Gasteiger partial charge on any atom is -0.423 e. The van der Waals surface area contributed by atoms with Gasteiger partial charge in [0.1, 0.15) is 11.7 Å². The number of carbonyl (C=O) groups is 2. The van der Waals surface area contributed by atoms with Gasteiger partial charge in [-0.2, -0.15) is 0 Å². The van der Waals surface area contributed by atoms with Crippen molar-refractivity contribution in [3.63, 3.8) is 0 Å². The van der Waals surface area contributed by atoms with Crippen molar-refractivity contribution < 1.29 is 29.0 Å². The predicted molar refractivity (Wildman–Crippen MR) is 129 cm³/mol. The molecule has 10 nitrogen and oxygen atoms in total. The van der Waals surface area contributed by atoms with Gasteiger partial charge in [0.25, 0.3) is 0 Å². The third kappa shape index (κ3) is 7.82. The zero-order valence-electron chi connectivity index (χ0n) is 20.2. The Balaban J connectivity index is 1.70. The SMILES string of the molecule is CN(C)c1ccc2c(CC(=O)NCCCOCCNC(=O)[C@H](O)C(C)(C)CO)cc(=O)oc2c1. The summed E-state index contributed by atoms with van der Waals surface area (Å²) in [5, 5.41) is 25.2. The molecule has 0 aliphatic heterocycles. The summed E-state index contributed by atoms with van der Waals surface area (Å²) in [5.41, 5.74) is 0.511. The molecule has 0 spiro atoms. The van der Waals surface area contributed by atoms with Crippen LogP contribution in [-0.4, -0.2) is 75.1 Å². The van der Waals surface area contributed by atoms with Crippen molar-refractivity contribution in [1.82, 2.24) is 10.6 Å². The molecule has 0 aliphatic rings. The van der Waals surface area contributed by atoms with Crippen molar-refractivity contribution in [1.29, 1.82) is 0 Å². The molecule has 2 rings (SSSR count). The number of ether oxygens (including phenoxy) is 1. The molecule has 0 unspecified atom stereocenters. The minimum atomic E-state index is -1.31. The number of hydrogen-bond donors (Lipinski definition) is 4. The molecule has 188 valence electrons. The first-order valence-electron chi connectivity index (χ1n) is 11.2. The van der Waals surface area contributed by atoms with Gasteiger partial charge in [-0.25, -0.2) is 4.79 Å². The fraction of sp³-hybridized carbons (Fsp3) is 0.542. The molecule has 0 radical (unpaired) electrons. The highest BCUT2D eigenvalue weighted by molar-refractivity contribution is 5.88. The molecule has 0 saturated carbocycles. The molecule has 1 atom stereocenters. The smallest absolute Gasteiger partial charge is 0.336 e. The number of hydrogen-bond acceptors (Lipinski definition) is 8. The molecule has 4 N–H and O–H groups in total. The Kier molecular flexibility index (Phi) is 10.0. The number of carbonyl (C=O) groups excluding carboxylic acids is 2. The molecular weight excluding hydrogens is 442 g/mol. The van der Waals surface area contributed by atoms with Crippen LogP contribution >= 0.6 is 0 Å². The number of amides is 2. The lowest BCUT2D eigenvalue weighted by atomic mass is 9.87. The lowest BCUT2D eigenvalue weighted by Crippen LogP contribution is -2.46. The summed E-state index contributed by atoms with van der Waals surface area (Å²) in [7, 11) is 3.78. The summed E-state index contributed by atoms with van der Waals surface area (Å²) in [5.74, 6) is -0.772. The zero-order chi connectivity index (χ0) is 25.3. The van der Waals surface area contributed by atoms with Gasteiger partial charge in [-0.05, 0) is 24.1 Å². The molecule has 1 heterocycles. The van der Waals surface area contributed by atoms with Gasteiger partial charge in [0.05, 0.1) is 19.6 Å². The second kappa shape index (κ2) is 12.5. The van der Waals surface area contributed by atoms with Crippen LogP contribution in [0, 0.1) is 5.41 Å². The first kappa shape index (κ1) is 27.3. The summed E-state index contributed by atoms with van der Waals surface area (Å²) < 4.78 is 10.7. The molecule has 0 bridgehead atoms. The number of nitrogens with one attached hydrogen (secondary N) is 2. The number of benzene rings is 1. The largest absolute Gasteiger partial charge is 0.423 e. The minimum absolute atomic E-state index is 0.0583. The lowest BCUT2D eigenvalue weighted by Gasteiger charge is -2.27. The Morgan fingerprint density at radius 1 is 1.15 bits per heavy atom. The number of rotatable bonds is 13. The average molecular weight is 478 g/mol. The van der Waals surface area contributed by atoms with Crippen LogP contribution in [0.5, 0.6) is 0 Å². The van der Waals surface area contributed by atoms with E-state index in [1.54, 1.807) is 19.9 Å². The average Bonchev–Trinajstić information content (AvgIpc) is 2.79. The Labute approximate surface area is 198 Å². The van der Waals surface area contributed by atoms with Crippen molar-refractivity contribution >= 4 is 28.5 Å². The van der Waals surface area contributed by atoms with E-state index >= 15 is 0 Å². The number of fused-ring (bicyclic) bond motifs is 1. The highest BCUT2D eigenvalue weighted by Crippen LogP contribution is 2.23. The summed E-state index contributed by atoms with van der Waals surface area (Å²) in [4.78, 5) is 38.0. The van der Waals surface area contributed by atoms with E-state index in [0.29, 0.717) is 30.7 Å². The van der Waals surface area contributed by atoms with Crippen LogP contribution in [-0.2, 0) is 20.7 Å². The lowest BCUT2D eigenvalue weighted by molar-refractivity contribution is -0.137. The molecule has 0 aliphatic carbocycles. The Morgan fingerprint density at radius 3 is 2.56 bits per heavy atom. The Morgan fingerprint density at radius 2 is 1.88 bits per heavy atom. The summed E-state index contributed by atoms with van der Waals surface area (Å²) in [6.45, 7) is 4.14. The highest BCUT2D eigenvalue weighted by Gasteiger charge is 2.32. The van der Waals surface area contributed by atoms with Crippen molar-refractivity contribution in [3.8, 4) is 0 Å². The number of aliphatic hydroxyl groups excluding tert-OH is 2. The summed E-state index contributed by atoms with van der Waals surface area (Å²) in [6.07, 6.45) is -0.678. The monoisotopic (exact) mass is 477 g/mol. The number of nitrogens with zero attached hydrogens (tertiary/aromatic N) is 1. The molecular formula is C24H35N3O7. The normalized spacial score (nSPS) is 12.4. The van der Waals surface area contributed by atoms with Crippen molar-refractivity contribution in [2.24, 2.45) is 5.41 Å². The fourth-order valence-electron chi connectivity index (χ4n) is 3.17. The van der Waals surface area contributed by atoms with Gasteiger partial charge in [0, 0.05) is 62.4 Å². The van der Waals surface area contributed by atoms with Crippen LogP contribution < -0.4 is 21.2 Å². The van der Waals surface area contributed by atoms with Gasteiger partial charge in [0.15, 0.2) is 0 Å². The molecule has 1 aromatic carbocycles. The van der Waals surface area contributed by atoms with Gasteiger partial charge in [0.2, 0.25) is 11.8 Å². The van der Waals surface area contributed by atoms with Crippen molar-refractivity contribution in [3.05, 3.63) is 40.2 Å². The third-order valence-electron chi connectivity index (χ3n) is 5.41. The molecule has 1 aromatic heterocycles. The first-order chi connectivity index (χ1) is 16.0. The molecule has 34 heavy (non-hydrogen) atoms. The van der Waals surface area contributed by atoms with Gasteiger partial charge < -0.3 is 34.9 Å². The number of anilines is 1. The van der Waals surface area contributed by atoms with Crippen LogP contribution in [0.1, 0.15) is 25.8 Å². The Bertz CT molecular complexity index is 1030. The van der Waals surface area contributed by atoms with E-state index in [0.717, 1.165) is 11.1 Å². The second-order valence-corrected chi connectivity index (χ2v) is 9.00. The van der Waals surface area contributed by atoms with Gasteiger partial charge >= 0.3 is 5.63 Å². The van der Waals surface area contributed by atoms with E-state index in [-0.39, 0.29) is 32.1 Å². The molecule has 0 saturated heterocycles. The quantitative estimate of drug-likeness (QED) is 0.240. The number of aliphatic hydroxyl groups is 2. The van der Waals surface area contributed by atoms with Crippen LogP contribution in [0.15, 0.2) is 33.5 Å². The fourth-order valence-corrected chi connectivity index (χ4v) is 3.17. The maximum absolute atomic E-state index is 12.3. The van der Waals surface area contributed by atoms with E-state index in [1.807, 2.05) is 31.1 Å². The Hall–Kier alpha value is -2.95. The van der Waals surface area contributed by atoms with E-state index in [1.165, 1.54) is 6.07 Å². The molecule has 0 fully saturated rings. The standard InChI is InChI=1S/C24H35N3O7/c1-24(2,15-28)22(31)23(32)26-9-11-33-10-5-8-25-20(29)12-16-13-21(30)34-19-14-17(27(3)4)6-7-18(16)19/h6-7,13-14,22,28,31H,5,8-12,15H2,1-4H3,(H,25,29)(H,26,32)/t22-/m0/s1. The van der Waals surface area contributed by atoms with E-state index in [2.05, 4.69) is 10.6 Å². The van der Waals surface area contributed by atoms with Crippen LogP contribution in [0.4, 0.5) is 5.69 Å². The van der Waals surface area contributed by atoms with Gasteiger partial charge in [-0.1, -0.05) is 13.8 Å².